The highest BCUT2D eigenvalue weighted by atomic mass is 32.2. The van der Waals surface area contributed by atoms with Gasteiger partial charge in [0.25, 0.3) is 0 Å². The minimum absolute atomic E-state index is 0.558. The summed E-state index contributed by atoms with van der Waals surface area (Å²) in [5.74, 6) is 1.18. The number of aliphatic imine (C=N–C) groups is 1. The molecular formula is C5H9NS2. The van der Waals surface area contributed by atoms with Crippen molar-refractivity contribution in [1.82, 2.24) is 0 Å². The molecule has 0 aromatic heterocycles. The monoisotopic (exact) mass is 147 g/mol. The lowest BCUT2D eigenvalue weighted by Crippen LogP contribution is -1.92. The molecule has 1 heterocycles. The Kier molecular flexibility index (Phi) is 2.26. The van der Waals surface area contributed by atoms with E-state index >= 15 is 0 Å². The van der Waals surface area contributed by atoms with Gasteiger partial charge in [-0.3, -0.25) is 4.99 Å². The highest BCUT2D eigenvalue weighted by Crippen LogP contribution is 2.23. The molecule has 1 rings (SSSR count). The Morgan fingerprint density at radius 1 is 1.88 bits per heavy atom. The second kappa shape index (κ2) is 2.78. The number of rotatable bonds is 0. The molecule has 0 saturated carbocycles. The molecule has 0 aromatic carbocycles. The van der Waals surface area contributed by atoms with Crippen molar-refractivity contribution in [2.45, 2.75) is 13.0 Å². The normalized spacial score (nSPS) is 28.2. The fourth-order valence-electron chi connectivity index (χ4n) is 0.558. The molecular weight excluding hydrogens is 138 g/mol. The van der Waals surface area contributed by atoms with Crippen molar-refractivity contribution in [3.8, 4) is 0 Å². The molecule has 1 nitrogen and oxygen atoms in total. The van der Waals surface area contributed by atoms with Crippen molar-refractivity contribution in [3.63, 3.8) is 0 Å². The van der Waals surface area contributed by atoms with Crippen LogP contribution in [-0.2, 0) is 0 Å². The Morgan fingerprint density at radius 3 is 2.88 bits per heavy atom. The van der Waals surface area contributed by atoms with Gasteiger partial charge < -0.3 is 0 Å². The third-order valence-electron chi connectivity index (χ3n) is 0.948. The van der Waals surface area contributed by atoms with Gasteiger partial charge in [0.2, 0.25) is 0 Å². The molecule has 0 spiro atoms. The summed E-state index contributed by atoms with van der Waals surface area (Å²) in [5.41, 5.74) is 0. The van der Waals surface area contributed by atoms with E-state index in [2.05, 4.69) is 18.2 Å². The third-order valence-corrected chi connectivity index (χ3v) is 3.26. The van der Waals surface area contributed by atoms with Crippen LogP contribution in [0.2, 0.25) is 0 Å². The molecule has 0 N–H and O–H groups in total. The van der Waals surface area contributed by atoms with E-state index in [0.29, 0.717) is 6.04 Å². The van der Waals surface area contributed by atoms with Crippen LogP contribution in [0, 0.1) is 0 Å². The highest BCUT2D eigenvalue weighted by molar-refractivity contribution is 8.38. The first-order valence-electron chi connectivity index (χ1n) is 2.57. The maximum absolute atomic E-state index is 4.35. The average Bonchev–Trinajstić information content (AvgIpc) is 2.14. The summed E-state index contributed by atoms with van der Waals surface area (Å²) in [4.78, 5) is 4.35. The maximum atomic E-state index is 4.35. The lowest BCUT2D eigenvalue weighted by atomic mass is 10.4. The second-order valence-electron chi connectivity index (χ2n) is 1.76. The average molecular weight is 147 g/mol. The summed E-state index contributed by atoms with van der Waals surface area (Å²) in [7, 11) is 0. The smallest absolute Gasteiger partial charge is 0.124 e. The van der Waals surface area contributed by atoms with Gasteiger partial charge in [-0.25, -0.2) is 0 Å². The molecule has 0 bridgehead atoms. The van der Waals surface area contributed by atoms with E-state index in [9.17, 15) is 0 Å². The standard InChI is InChI=1S/C5H9NS2/c1-4-3-8-5(6-4)7-2/h4H,3H2,1-2H3/t4-/m1/s1. The second-order valence-corrected chi connectivity index (χ2v) is 3.82. The summed E-state index contributed by atoms with van der Waals surface area (Å²) >= 11 is 3.61. The molecule has 1 atom stereocenters. The summed E-state index contributed by atoms with van der Waals surface area (Å²) < 4.78 is 1.25. The Labute approximate surface area is 58.3 Å². The number of nitrogens with zero attached hydrogens (tertiary/aromatic N) is 1. The molecule has 1 aliphatic rings. The molecule has 0 fully saturated rings. The molecule has 1 aliphatic heterocycles. The van der Waals surface area contributed by atoms with Crippen LogP contribution in [0.3, 0.4) is 0 Å². The van der Waals surface area contributed by atoms with Crippen LogP contribution < -0.4 is 0 Å². The third kappa shape index (κ3) is 1.42. The molecule has 0 aliphatic carbocycles. The molecule has 0 saturated heterocycles. The summed E-state index contributed by atoms with van der Waals surface area (Å²) in [6, 6.07) is 0.558. The summed E-state index contributed by atoms with van der Waals surface area (Å²) in [5, 5.41) is 0. The largest absolute Gasteiger partial charge is 0.268 e. The van der Waals surface area contributed by atoms with Crippen LogP contribution in [0.4, 0.5) is 0 Å². The molecule has 0 radical (unpaired) electrons. The quantitative estimate of drug-likeness (QED) is 0.518. The van der Waals surface area contributed by atoms with E-state index in [0.717, 1.165) is 0 Å². The van der Waals surface area contributed by atoms with Crippen molar-refractivity contribution in [1.29, 1.82) is 0 Å². The van der Waals surface area contributed by atoms with Gasteiger partial charge in [-0.15, -0.1) is 11.8 Å². The van der Waals surface area contributed by atoms with Gasteiger partial charge in [0.05, 0.1) is 6.04 Å². The molecule has 0 amide bonds. The number of hydrogen-bond donors (Lipinski definition) is 0. The van der Waals surface area contributed by atoms with Gasteiger partial charge in [0.1, 0.15) is 4.38 Å². The fourth-order valence-corrected chi connectivity index (χ4v) is 2.23. The zero-order chi connectivity index (χ0) is 5.98. The fraction of sp³-hybridized carbons (Fsp3) is 0.800. The van der Waals surface area contributed by atoms with Gasteiger partial charge in [0.15, 0.2) is 0 Å². The van der Waals surface area contributed by atoms with Crippen molar-refractivity contribution in [2.24, 2.45) is 4.99 Å². The topological polar surface area (TPSA) is 12.4 Å². The molecule has 8 heavy (non-hydrogen) atoms. The first-order chi connectivity index (χ1) is 3.83. The zero-order valence-corrected chi connectivity index (χ0v) is 6.68. The van der Waals surface area contributed by atoms with Crippen molar-refractivity contribution in [2.75, 3.05) is 12.0 Å². The van der Waals surface area contributed by atoms with Crippen LogP contribution in [0.25, 0.3) is 0 Å². The predicted molar refractivity (Wildman–Crippen MR) is 42.9 cm³/mol. The lowest BCUT2D eigenvalue weighted by Gasteiger charge is -1.87. The first-order valence-corrected chi connectivity index (χ1v) is 4.78. The Bertz CT molecular complexity index is 111. The Hall–Kier alpha value is 0.370. The van der Waals surface area contributed by atoms with Crippen LogP contribution in [0.5, 0.6) is 0 Å². The van der Waals surface area contributed by atoms with Crippen molar-refractivity contribution in [3.05, 3.63) is 0 Å². The summed E-state index contributed by atoms with van der Waals surface area (Å²) in [6.45, 7) is 2.15. The van der Waals surface area contributed by atoms with Crippen LogP contribution in [0.15, 0.2) is 4.99 Å². The first kappa shape index (κ1) is 6.49. The Morgan fingerprint density at radius 2 is 2.62 bits per heavy atom. The predicted octanol–water partition coefficient (Wildman–Crippen LogP) is 1.84. The summed E-state index contributed by atoms with van der Waals surface area (Å²) in [6.07, 6.45) is 2.07. The van der Waals surface area contributed by atoms with Crippen LogP contribution in [0.1, 0.15) is 6.92 Å². The Balaban J connectivity index is 2.44. The van der Waals surface area contributed by atoms with Crippen molar-refractivity contribution < 1.29 is 0 Å². The van der Waals surface area contributed by atoms with Gasteiger partial charge in [-0.1, -0.05) is 11.8 Å². The minimum Gasteiger partial charge on any atom is -0.268 e. The van der Waals surface area contributed by atoms with E-state index in [1.54, 1.807) is 11.8 Å². The van der Waals surface area contributed by atoms with Crippen LogP contribution >= 0.6 is 23.5 Å². The van der Waals surface area contributed by atoms with Crippen LogP contribution in [-0.4, -0.2) is 22.4 Å². The van der Waals surface area contributed by atoms with Gasteiger partial charge in [-0.05, 0) is 13.2 Å². The van der Waals surface area contributed by atoms with E-state index in [1.165, 1.54) is 10.1 Å². The van der Waals surface area contributed by atoms with E-state index in [4.69, 9.17) is 0 Å². The van der Waals surface area contributed by atoms with Gasteiger partial charge >= 0.3 is 0 Å². The zero-order valence-electron chi connectivity index (χ0n) is 5.05. The van der Waals surface area contributed by atoms with Crippen molar-refractivity contribution >= 4 is 27.9 Å². The molecule has 3 heteroatoms. The maximum Gasteiger partial charge on any atom is 0.124 e. The molecule has 0 aromatic rings. The van der Waals surface area contributed by atoms with E-state index < -0.39 is 0 Å². The van der Waals surface area contributed by atoms with E-state index in [1.807, 2.05) is 11.8 Å². The number of thioether (sulfide) groups is 2. The highest BCUT2D eigenvalue weighted by Gasteiger charge is 2.11. The SMILES string of the molecule is CSC1=N[C@H](C)CS1. The van der Waals surface area contributed by atoms with Gasteiger partial charge in [-0.2, -0.15) is 0 Å². The van der Waals surface area contributed by atoms with Gasteiger partial charge in [0, 0.05) is 5.75 Å². The molecule has 46 valence electrons. The van der Waals surface area contributed by atoms with E-state index in [-0.39, 0.29) is 0 Å². The minimum atomic E-state index is 0.558. The number of hydrogen-bond acceptors (Lipinski definition) is 3. The molecule has 0 unspecified atom stereocenters. The lowest BCUT2D eigenvalue weighted by molar-refractivity contribution is 0.867.